The van der Waals surface area contributed by atoms with Crippen molar-refractivity contribution in [3.8, 4) is 5.75 Å². The third kappa shape index (κ3) is 2.93. The van der Waals surface area contributed by atoms with Gasteiger partial charge in [0.25, 0.3) is 0 Å². The summed E-state index contributed by atoms with van der Waals surface area (Å²) in [5.74, 6) is 0.858. The molecule has 108 valence electrons. The molecule has 0 bridgehead atoms. The highest BCUT2D eigenvalue weighted by Gasteiger charge is 2.23. The molecular weight excluding hydrogens is 262 g/mol. The molecule has 3 rings (SSSR count). The van der Waals surface area contributed by atoms with Gasteiger partial charge < -0.3 is 4.74 Å². The SMILES string of the molecule is COc1ccc([C@H]2ON(c3ccccc3)CC=C2C)cc1. The molecule has 2 aromatic rings. The van der Waals surface area contributed by atoms with Gasteiger partial charge in [0.2, 0.25) is 0 Å². The van der Waals surface area contributed by atoms with E-state index in [9.17, 15) is 0 Å². The molecule has 0 spiro atoms. The maximum Gasteiger partial charge on any atom is 0.132 e. The van der Waals surface area contributed by atoms with Gasteiger partial charge in [-0.15, -0.1) is 0 Å². The van der Waals surface area contributed by atoms with Crippen molar-refractivity contribution in [2.75, 3.05) is 18.7 Å². The molecule has 0 aliphatic carbocycles. The lowest BCUT2D eigenvalue weighted by atomic mass is 10.0. The van der Waals surface area contributed by atoms with E-state index in [-0.39, 0.29) is 6.10 Å². The van der Waals surface area contributed by atoms with E-state index in [0.29, 0.717) is 0 Å². The molecule has 1 heterocycles. The molecule has 3 heteroatoms. The van der Waals surface area contributed by atoms with Crippen molar-refractivity contribution in [1.29, 1.82) is 0 Å². The van der Waals surface area contributed by atoms with E-state index in [2.05, 4.69) is 37.3 Å². The second-order valence-corrected chi connectivity index (χ2v) is 5.10. The van der Waals surface area contributed by atoms with Gasteiger partial charge in [-0.3, -0.25) is 4.84 Å². The van der Waals surface area contributed by atoms with Crippen LogP contribution in [0.3, 0.4) is 0 Å². The van der Waals surface area contributed by atoms with Gasteiger partial charge in [-0.2, -0.15) is 0 Å². The maximum absolute atomic E-state index is 6.17. The molecule has 1 atom stereocenters. The molecule has 0 radical (unpaired) electrons. The number of hydrogen-bond acceptors (Lipinski definition) is 3. The molecule has 3 nitrogen and oxygen atoms in total. The number of para-hydroxylation sites is 1. The highest BCUT2D eigenvalue weighted by atomic mass is 16.7. The molecule has 1 aliphatic rings. The van der Waals surface area contributed by atoms with E-state index in [1.54, 1.807) is 7.11 Å². The zero-order valence-electron chi connectivity index (χ0n) is 12.3. The minimum Gasteiger partial charge on any atom is -0.497 e. The van der Waals surface area contributed by atoms with E-state index in [4.69, 9.17) is 9.57 Å². The number of nitrogens with zero attached hydrogens (tertiary/aromatic N) is 1. The average Bonchev–Trinajstić information content (AvgIpc) is 2.56. The van der Waals surface area contributed by atoms with Gasteiger partial charge in [0, 0.05) is 0 Å². The first kappa shape index (κ1) is 13.7. The third-order valence-corrected chi connectivity index (χ3v) is 3.69. The first-order chi connectivity index (χ1) is 10.3. The van der Waals surface area contributed by atoms with Gasteiger partial charge >= 0.3 is 0 Å². The maximum atomic E-state index is 6.17. The van der Waals surface area contributed by atoms with Crippen molar-refractivity contribution in [3.05, 3.63) is 71.8 Å². The standard InChI is InChI=1S/C18H19NO2/c1-14-12-13-19(16-6-4-3-5-7-16)21-18(14)15-8-10-17(20-2)11-9-15/h3-12,18H,13H2,1-2H3/t18-/m0/s1. The molecule has 0 amide bonds. The minimum absolute atomic E-state index is 0.0511. The van der Waals surface area contributed by atoms with Gasteiger partial charge in [-0.25, -0.2) is 5.06 Å². The fraction of sp³-hybridized carbons (Fsp3) is 0.222. The number of hydroxylamine groups is 1. The fourth-order valence-electron chi connectivity index (χ4n) is 2.45. The largest absolute Gasteiger partial charge is 0.497 e. The molecule has 1 aliphatic heterocycles. The number of rotatable bonds is 3. The van der Waals surface area contributed by atoms with E-state index in [1.165, 1.54) is 5.57 Å². The van der Waals surface area contributed by atoms with Crippen LogP contribution in [0.5, 0.6) is 5.75 Å². The van der Waals surface area contributed by atoms with Crippen LogP contribution >= 0.6 is 0 Å². The van der Waals surface area contributed by atoms with Crippen molar-refractivity contribution >= 4 is 5.69 Å². The van der Waals surface area contributed by atoms with E-state index < -0.39 is 0 Å². The van der Waals surface area contributed by atoms with Crippen LogP contribution in [0.2, 0.25) is 0 Å². The monoisotopic (exact) mass is 281 g/mol. The Labute approximate surface area is 125 Å². The van der Waals surface area contributed by atoms with Crippen molar-refractivity contribution in [2.24, 2.45) is 0 Å². The molecule has 21 heavy (non-hydrogen) atoms. The quantitative estimate of drug-likeness (QED) is 0.789. The number of anilines is 1. The lowest BCUT2D eigenvalue weighted by Gasteiger charge is -2.33. The summed E-state index contributed by atoms with van der Waals surface area (Å²) in [6, 6.07) is 18.2. The summed E-state index contributed by atoms with van der Waals surface area (Å²) in [5, 5.41) is 1.93. The summed E-state index contributed by atoms with van der Waals surface area (Å²) in [4.78, 5) is 6.17. The molecule has 0 N–H and O–H groups in total. The Bertz CT molecular complexity index is 619. The van der Waals surface area contributed by atoms with Crippen molar-refractivity contribution < 1.29 is 9.57 Å². The van der Waals surface area contributed by atoms with Crippen LogP contribution in [0.4, 0.5) is 5.69 Å². The van der Waals surface area contributed by atoms with Crippen LogP contribution in [0.25, 0.3) is 0 Å². The molecule has 0 aromatic heterocycles. The zero-order chi connectivity index (χ0) is 14.7. The Morgan fingerprint density at radius 3 is 2.43 bits per heavy atom. The third-order valence-electron chi connectivity index (χ3n) is 3.69. The van der Waals surface area contributed by atoms with Gasteiger partial charge in [0.15, 0.2) is 0 Å². The average molecular weight is 281 g/mol. The summed E-state index contributed by atoms with van der Waals surface area (Å²) in [7, 11) is 1.68. The summed E-state index contributed by atoms with van der Waals surface area (Å²) in [5.41, 5.74) is 3.43. The van der Waals surface area contributed by atoms with Crippen LogP contribution in [0, 0.1) is 0 Å². The van der Waals surface area contributed by atoms with Gasteiger partial charge in [0.1, 0.15) is 11.9 Å². The van der Waals surface area contributed by atoms with Gasteiger partial charge in [0.05, 0.1) is 19.3 Å². The Morgan fingerprint density at radius 2 is 1.76 bits per heavy atom. The van der Waals surface area contributed by atoms with Crippen molar-refractivity contribution in [2.45, 2.75) is 13.0 Å². The first-order valence-corrected chi connectivity index (χ1v) is 7.08. The number of hydrogen-bond donors (Lipinski definition) is 0. The fourth-order valence-corrected chi connectivity index (χ4v) is 2.45. The predicted molar refractivity (Wildman–Crippen MR) is 84.4 cm³/mol. The van der Waals surface area contributed by atoms with Crippen LogP contribution in [-0.4, -0.2) is 13.7 Å². The molecular formula is C18H19NO2. The zero-order valence-corrected chi connectivity index (χ0v) is 12.3. The van der Waals surface area contributed by atoms with Crippen molar-refractivity contribution in [1.82, 2.24) is 0 Å². The predicted octanol–water partition coefficient (Wildman–Crippen LogP) is 4.13. The van der Waals surface area contributed by atoms with Crippen LogP contribution in [-0.2, 0) is 4.84 Å². The Morgan fingerprint density at radius 1 is 1.05 bits per heavy atom. The highest BCUT2D eigenvalue weighted by Crippen LogP contribution is 2.32. The first-order valence-electron chi connectivity index (χ1n) is 7.08. The van der Waals surface area contributed by atoms with Crippen LogP contribution in [0.1, 0.15) is 18.6 Å². The minimum atomic E-state index is -0.0511. The summed E-state index contributed by atoms with van der Waals surface area (Å²) in [6.45, 7) is 2.87. The Kier molecular flexibility index (Phi) is 3.93. The van der Waals surface area contributed by atoms with E-state index >= 15 is 0 Å². The normalized spacial score (nSPS) is 18.3. The lowest BCUT2D eigenvalue weighted by molar-refractivity contribution is 0.0499. The van der Waals surface area contributed by atoms with E-state index in [1.807, 2.05) is 35.4 Å². The second-order valence-electron chi connectivity index (χ2n) is 5.10. The molecule has 0 saturated carbocycles. The second kappa shape index (κ2) is 6.02. The van der Waals surface area contributed by atoms with Gasteiger partial charge in [-0.05, 0) is 42.3 Å². The summed E-state index contributed by atoms with van der Waals surface area (Å²) >= 11 is 0. The van der Waals surface area contributed by atoms with E-state index in [0.717, 1.165) is 23.5 Å². The lowest BCUT2D eigenvalue weighted by Crippen LogP contribution is -2.30. The highest BCUT2D eigenvalue weighted by molar-refractivity contribution is 5.46. The molecule has 0 unspecified atom stereocenters. The summed E-state index contributed by atoms with van der Waals surface area (Å²) in [6.07, 6.45) is 2.16. The molecule has 0 saturated heterocycles. The summed E-state index contributed by atoms with van der Waals surface area (Å²) < 4.78 is 5.21. The Hall–Kier alpha value is -2.26. The van der Waals surface area contributed by atoms with Crippen molar-refractivity contribution in [3.63, 3.8) is 0 Å². The van der Waals surface area contributed by atoms with Gasteiger partial charge in [-0.1, -0.05) is 36.4 Å². The number of benzene rings is 2. The number of ether oxygens (including phenoxy) is 1. The van der Waals surface area contributed by atoms with Crippen LogP contribution in [0.15, 0.2) is 66.2 Å². The smallest absolute Gasteiger partial charge is 0.132 e. The van der Waals surface area contributed by atoms with Crippen LogP contribution < -0.4 is 9.80 Å². The Balaban J connectivity index is 1.84. The molecule has 2 aromatic carbocycles. The topological polar surface area (TPSA) is 21.7 Å². The molecule has 0 fully saturated rings. The number of methoxy groups -OCH3 is 1.